The Balaban J connectivity index is 1.96. The van der Waals surface area contributed by atoms with Crippen molar-refractivity contribution in [1.82, 2.24) is 24.4 Å². The van der Waals surface area contributed by atoms with E-state index >= 15 is 0 Å². The molecule has 0 atom stereocenters. The van der Waals surface area contributed by atoms with Crippen LogP contribution in [-0.4, -0.2) is 31.5 Å². The summed E-state index contributed by atoms with van der Waals surface area (Å²) in [5.74, 6) is 0. The normalized spacial score (nSPS) is 11.5. The maximum atomic E-state index is 12.8. The van der Waals surface area contributed by atoms with Crippen LogP contribution in [0.3, 0.4) is 0 Å². The van der Waals surface area contributed by atoms with E-state index in [9.17, 15) is 4.79 Å². The molecule has 0 aliphatic carbocycles. The first-order valence-electron chi connectivity index (χ1n) is 9.16. The van der Waals surface area contributed by atoms with Crippen LogP contribution in [0.1, 0.15) is 25.5 Å². The van der Waals surface area contributed by atoms with Gasteiger partial charge in [-0.05, 0) is 30.2 Å². The molecule has 0 N–H and O–H groups in total. The Morgan fingerprint density at radius 3 is 2.64 bits per heavy atom. The average molecular weight is 398 g/mol. The fourth-order valence-corrected chi connectivity index (χ4v) is 3.41. The van der Waals surface area contributed by atoms with Crippen LogP contribution >= 0.6 is 11.6 Å². The van der Waals surface area contributed by atoms with E-state index in [4.69, 9.17) is 16.3 Å². The number of benzene rings is 1. The van der Waals surface area contributed by atoms with Gasteiger partial charge in [0.2, 0.25) is 0 Å². The third kappa shape index (κ3) is 3.16. The van der Waals surface area contributed by atoms with Crippen molar-refractivity contribution >= 4 is 28.3 Å². The van der Waals surface area contributed by atoms with E-state index in [1.165, 1.54) is 0 Å². The largest absolute Gasteiger partial charge is 0.378 e. The number of hydrogen-bond acceptors (Lipinski definition) is 5. The summed E-state index contributed by atoms with van der Waals surface area (Å²) in [7, 11) is 1.62. The van der Waals surface area contributed by atoms with Crippen molar-refractivity contribution in [3.8, 4) is 11.1 Å². The van der Waals surface area contributed by atoms with Crippen molar-refractivity contribution < 1.29 is 4.74 Å². The molecule has 3 aromatic heterocycles. The summed E-state index contributed by atoms with van der Waals surface area (Å²) in [6.45, 7) is 3.07. The van der Waals surface area contributed by atoms with Gasteiger partial charge in [0.15, 0.2) is 11.2 Å². The Labute approximate surface area is 166 Å². The summed E-state index contributed by atoms with van der Waals surface area (Å²) in [6.07, 6.45) is 3.74. The van der Waals surface area contributed by atoms with Gasteiger partial charge in [-0.3, -0.25) is 4.79 Å². The molecule has 4 rings (SSSR count). The fraction of sp³-hybridized carbons (Fsp3) is 0.300. The molecule has 0 radical (unpaired) electrons. The highest BCUT2D eigenvalue weighted by molar-refractivity contribution is 6.30. The number of aromatic nitrogens is 5. The molecule has 0 aliphatic rings. The Morgan fingerprint density at radius 2 is 1.93 bits per heavy atom. The van der Waals surface area contributed by atoms with Gasteiger partial charge in [0, 0.05) is 24.9 Å². The number of fused-ring (bicyclic) bond motifs is 3. The topological polar surface area (TPSA) is 74.3 Å². The minimum Gasteiger partial charge on any atom is -0.378 e. The molecule has 7 nitrogen and oxygen atoms in total. The van der Waals surface area contributed by atoms with Crippen LogP contribution in [0, 0.1) is 0 Å². The van der Waals surface area contributed by atoms with Crippen molar-refractivity contribution in [1.29, 1.82) is 0 Å². The molecule has 0 unspecified atom stereocenters. The number of aryl methyl sites for hydroxylation is 1. The van der Waals surface area contributed by atoms with E-state index in [0.29, 0.717) is 34.9 Å². The van der Waals surface area contributed by atoms with Crippen LogP contribution in [-0.2, 0) is 17.9 Å². The highest BCUT2D eigenvalue weighted by Gasteiger charge is 2.19. The summed E-state index contributed by atoms with van der Waals surface area (Å²) < 4.78 is 8.67. The Kier molecular flexibility index (Phi) is 5.11. The Hall–Kier alpha value is -2.77. The summed E-state index contributed by atoms with van der Waals surface area (Å²) in [4.78, 5) is 12.8. The summed E-state index contributed by atoms with van der Waals surface area (Å²) >= 11 is 6.03. The summed E-state index contributed by atoms with van der Waals surface area (Å²) in [6, 6.07) is 9.32. The minimum atomic E-state index is -0.155. The van der Waals surface area contributed by atoms with Crippen molar-refractivity contribution in [3.05, 3.63) is 57.6 Å². The fourth-order valence-electron chi connectivity index (χ4n) is 3.28. The van der Waals surface area contributed by atoms with Gasteiger partial charge in [0.05, 0.1) is 17.9 Å². The van der Waals surface area contributed by atoms with Crippen LogP contribution in [0.5, 0.6) is 0 Å². The molecule has 0 saturated heterocycles. The molecule has 0 fully saturated rings. The number of unbranched alkanes of at least 4 members (excludes halogenated alkanes) is 1. The molecule has 0 spiro atoms. The van der Waals surface area contributed by atoms with Gasteiger partial charge >= 0.3 is 0 Å². The molecule has 144 valence electrons. The third-order valence-electron chi connectivity index (χ3n) is 4.69. The molecular formula is C20H20ClN5O2. The van der Waals surface area contributed by atoms with Crippen molar-refractivity contribution in [2.24, 2.45) is 0 Å². The van der Waals surface area contributed by atoms with E-state index in [0.717, 1.165) is 29.7 Å². The number of halogens is 1. The first-order valence-corrected chi connectivity index (χ1v) is 9.54. The van der Waals surface area contributed by atoms with Gasteiger partial charge in [-0.15, -0.1) is 10.2 Å². The first kappa shape index (κ1) is 18.6. The van der Waals surface area contributed by atoms with Crippen molar-refractivity contribution in [2.45, 2.75) is 32.9 Å². The lowest BCUT2D eigenvalue weighted by Gasteiger charge is -2.06. The predicted octanol–water partition coefficient (Wildman–Crippen LogP) is 3.71. The lowest BCUT2D eigenvalue weighted by molar-refractivity contribution is 0.181. The lowest BCUT2D eigenvalue weighted by atomic mass is 10.1. The van der Waals surface area contributed by atoms with E-state index in [1.54, 1.807) is 22.4 Å². The second kappa shape index (κ2) is 7.69. The smallest absolute Gasteiger partial charge is 0.280 e. The molecule has 3 heterocycles. The number of pyridine rings is 1. The molecule has 28 heavy (non-hydrogen) atoms. The van der Waals surface area contributed by atoms with Gasteiger partial charge < -0.3 is 9.30 Å². The predicted molar refractivity (Wildman–Crippen MR) is 109 cm³/mol. The lowest BCUT2D eigenvalue weighted by Crippen LogP contribution is -2.21. The number of methoxy groups -OCH3 is 1. The zero-order valence-corrected chi connectivity index (χ0v) is 16.5. The highest BCUT2D eigenvalue weighted by atomic mass is 35.5. The summed E-state index contributed by atoms with van der Waals surface area (Å²) in [5, 5.41) is 13.9. The number of rotatable bonds is 6. The maximum Gasteiger partial charge on any atom is 0.280 e. The molecule has 0 amide bonds. The van der Waals surface area contributed by atoms with Crippen molar-refractivity contribution in [3.63, 3.8) is 0 Å². The van der Waals surface area contributed by atoms with Crippen LogP contribution in [0.4, 0.5) is 0 Å². The van der Waals surface area contributed by atoms with Gasteiger partial charge in [-0.1, -0.05) is 37.1 Å². The van der Waals surface area contributed by atoms with Gasteiger partial charge in [-0.2, -0.15) is 5.10 Å². The molecule has 0 saturated carbocycles. The van der Waals surface area contributed by atoms with Gasteiger partial charge in [0.1, 0.15) is 5.52 Å². The zero-order chi connectivity index (χ0) is 19.7. The van der Waals surface area contributed by atoms with E-state index < -0.39 is 0 Å². The highest BCUT2D eigenvalue weighted by Crippen LogP contribution is 2.30. The van der Waals surface area contributed by atoms with Crippen LogP contribution in [0.25, 0.3) is 27.8 Å². The summed E-state index contributed by atoms with van der Waals surface area (Å²) in [5.41, 5.74) is 3.81. The van der Waals surface area contributed by atoms with Crippen LogP contribution < -0.4 is 5.56 Å². The number of hydrogen-bond donors (Lipinski definition) is 0. The SMILES string of the molecule is CCCCn1ccc2c(nnc3c(-c4ccc(Cl)cc4)c(COC)nn32)c1=O. The van der Waals surface area contributed by atoms with E-state index in [2.05, 4.69) is 22.2 Å². The maximum absolute atomic E-state index is 12.8. The van der Waals surface area contributed by atoms with Crippen LogP contribution in [0.15, 0.2) is 41.3 Å². The zero-order valence-electron chi connectivity index (χ0n) is 15.7. The van der Waals surface area contributed by atoms with Gasteiger partial charge in [0.25, 0.3) is 5.56 Å². The second-order valence-electron chi connectivity index (χ2n) is 6.60. The van der Waals surface area contributed by atoms with Crippen molar-refractivity contribution in [2.75, 3.05) is 7.11 Å². The molecule has 4 aromatic rings. The second-order valence-corrected chi connectivity index (χ2v) is 7.04. The molecule has 0 bridgehead atoms. The van der Waals surface area contributed by atoms with E-state index in [1.807, 2.05) is 30.3 Å². The number of ether oxygens (including phenoxy) is 1. The van der Waals surface area contributed by atoms with E-state index in [-0.39, 0.29) is 5.56 Å². The molecular weight excluding hydrogens is 378 g/mol. The monoisotopic (exact) mass is 397 g/mol. The first-order chi connectivity index (χ1) is 13.6. The minimum absolute atomic E-state index is 0.155. The average Bonchev–Trinajstić information content (AvgIpc) is 3.07. The number of nitrogens with zero attached hydrogens (tertiary/aromatic N) is 5. The Bertz CT molecular complexity index is 1200. The third-order valence-corrected chi connectivity index (χ3v) is 4.94. The molecule has 8 heteroatoms. The van der Waals surface area contributed by atoms with Crippen LogP contribution in [0.2, 0.25) is 5.02 Å². The molecule has 1 aromatic carbocycles. The van der Waals surface area contributed by atoms with Gasteiger partial charge in [-0.25, -0.2) is 4.52 Å². The quantitative estimate of drug-likeness (QED) is 0.496. The standard InChI is InChI=1S/C20H20ClN5O2/c1-3-4-10-25-11-9-16-18(20(25)27)22-23-19-17(13-5-7-14(21)8-6-13)15(12-28-2)24-26(16)19/h5-9,11H,3-4,10,12H2,1-2H3. The molecule has 0 aliphatic heterocycles. The Morgan fingerprint density at radius 1 is 1.14 bits per heavy atom.